The zero-order chi connectivity index (χ0) is 11.0. The number of carbonyl (C=O) groups is 1. The van der Waals surface area contributed by atoms with Crippen LogP contribution in [0.25, 0.3) is 0 Å². The van der Waals surface area contributed by atoms with Crippen LogP contribution in [-0.2, 0) is 0 Å². The van der Waals surface area contributed by atoms with E-state index in [0.717, 1.165) is 11.4 Å². The molecule has 82 valence electrons. The van der Waals surface area contributed by atoms with Crippen molar-refractivity contribution in [3.8, 4) is 0 Å². The lowest BCUT2D eigenvalue weighted by molar-refractivity contribution is 0.0763. The number of hydrogen-bond donors (Lipinski definition) is 2. The highest BCUT2D eigenvalue weighted by molar-refractivity contribution is 5.96. The van der Waals surface area contributed by atoms with Crippen molar-refractivity contribution < 1.29 is 9.90 Å². The van der Waals surface area contributed by atoms with Gasteiger partial charge in [0.2, 0.25) is 0 Å². The molecule has 1 aliphatic heterocycles. The molecular weight excluding hydrogens is 194 g/mol. The number of aliphatic hydroxyl groups is 1. The van der Waals surface area contributed by atoms with Gasteiger partial charge < -0.3 is 10.0 Å². The number of rotatable bonds is 1. The van der Waals surface area contributed by atoms with Crippen molar-refractivity contribution in [1.82, 2.24) is 15.1 Å². The summed E-state index contributed by atoms with van der Waals surface area (Å²) in [6, 6.07) is 0. The first-order valence-electron chi connectivity index (χ1n) is 5.08. The Morgan fingerprint density at radius 2 is 2.33 bits per heavy atom. The molecule has 15 heavy (non-hydrogen) atoms. The number of amides is 1. The Hall–Kier alpha value is -1.36. The van der Waals surface area contributed by atoms with Crippen LogP contribution in [0.5, 0.6) is 0 Å². The maximum absolute atomic E-state index is 12.1. The number of nitrogens with one attached hydrogen (secondary N) is 1. The van der Waals surface area contributed by atoms with E-state index in [0.29, 0.717) is 25.1 Å². The lowest BCUT2D eigenvalue weighted by Gasteiger charge is -2.15. The van der Waals surface area contributed by atoms with Gasteiger partial charge in [0.25, 0.3) is 5.91 Å². The Balaban J connectivity index is 2.21. The summed E-state index contributed by atoms with van der Waals surface area (Å²) in [5.41, 5.74) is 2.15. The van der Waals surface area contributed by atoms with Crippen LogP contribution in [0.4, 0.5) is 0 Å². The summed E-state index contributed by atoms with van der Waals surface area (Å²) in [6.45, 7) is 4.70. The normalized spacial score (nSPS) is 21.0. The third-order valence-electron chi connectivity index (χ3n) is 2.79. The molecule has 0 radical (unpaired) electrons. The minimum Gasteiger partial charge on any atom is -0.391 e. The molecule has 2 rings (SSSR count). The van der Waals surface area contributed by atoms with Crippen LogP contribution in [0.2, 0.25) is 0 Å². The van der Waals surface area contributed by atoms with Crippen LogP contribution in [0.15, 0.2) is 0 Å². The second kappa shape index (κ2) is 3.66. The smallest absolute Gasteiger partial charge is 0.257 e. The molecule has 2 heterocycles. The molecule has 1 fully saturated rings. The molecule has 1 amide bonds. The lowest BCUT2D eigenvalue weighted by Crippen LogP contribution is -2.30. The minimum atomic E-state index is -0.374. The number of H-pyrrole nitrogens is 1. The van der Waals surface area contributed by atoms with Gasteiger partial charge >= 0.3 is 0 Å². The number of carbonyl (C=O) groups excluding carboxylic acids is 1. The van der Waals surface area contributed by atoms with Crippen molar-refractivity contribution in [2.45, 2.75) is 26.4 Å². The number of likely N-dealkylation sites (tertiary alicyclic amines) is 1. The molecule has 0 unspecified atom stereocenters. The number of aliphatic hydroxyl groups excluding tert-OH is 1. The average Bonchev–Trinajstić information content (AvgIpc) is 2.73. The molecule has 0 aliphatic carbocycles. The standard InChI is InChI=1S/C10H15N3O2/c1-6-9(7(2)12-11-6)10(15)13-4-3-8(14)5-13/h8,14H,3-5H2,1-2H3,(H,11,12)/t8-/m0/s1. The molecule has 0 aromatic carbocycles. The molecule has 0 bridgehead atoms. The number of aromatic nitrogens is 2. The van der Waals surface area contributed by atoms with Gasteiger partial charge in [0.1, 0.15) is 0 Å². The molecule has 1 aromatic heterocycles. The van der Waals surface area contributed by atoms with Gasteiger partial charge in [-0.15, -0.1) is 0 Å². The summed E-state index contributed by atoms with van der Waals surface area (Å²) in [5.74, 6) is -0.0321. The van der Waals surface area contributed by atoms with Crippen LogP contribution < -0.4 is 0 Å². The van der Waals surface area contributed by atoms with Gasteiger partial charge in [0.15, 0.2) is 0 Å². The second-order valence-corrected chi connectivity index (χ2v) is 4.00. The third-order valence-corrected chi connectivity index (χ3v) is 2.79. The molecule has 5 nitrogen and oxygen atoms in total. The van der Waals surface area contributed by atoms with Crippen LogP contribution >= 0.6 is 0 Å². The fourth-order valence-electron chi connectivity index (χ4n) is 1.95. The highest BCUT2D eigenvalue weighted by atomic mass is 16.3. The van der Waals surface area contributed by atoms with Crippen LogP contribution in [0, 0.1) is 13.8 Å². The molecule has 1 atom stereocenters. The predicted octanol–water partition coefficient (Wildman–Crippen LogP) is 0.233. The topological polar surface area (TPSA) is 69.2 Å². The first kappa shape index (κ1) is 10.2. The van der Waals surface area contributed by atoms with Crippen molar-refractivity contribution in [3.05, 3.63) is 17.0 Å². The fourth-order valence-corrected chi connectivity index (χ4v) is 1.95. The van der Waals surface area contributed by atoms with Gasteiger partial charge in [0, 0.05) is 18.8 Å². The largest absolute Gasteiger partial charge is 0.391 e. The highest BCUT2D eigenvalue weighted by Gasteiger charge is 2.28. The van der Waals surface area contributed by atoms with Crippen LogP contribution in [0.3, 0.4) is 0 Å². The Bertz CT molecular complexity index is 367. The second-order valence-electron chi connectivity index (χ2n) is 4.00. The van der Waals surface area contributed by atoms with E-state index in [-0.39, 0.29) is 12.0 Å². The first-order valence-corrected chi connectivity index (χ1v) is 5.08. The summed E-state index contributed by atoms with van der Waals surface area (Å²) in [6.07, 6.45) is 0.295. The molecule has 0 spiro atoms. The molecule has 1 saturated heterocycles. The fraction of sp³-hybridized carbons (Fsp3) is 0.600. The van der Waals surface area contributed by atoms with E-state index < -0.39 is 0 Å². The highest BCUT2D eigenvalue weighted by Crippen LogP contribution is 2.17. The predicted molar refractivity (Wildman–Crippen MR) is 54.6 cm³/mol. The van der Waals surface area contributed by atoms with Crippen LogP contribution in [0.1, 0.15) is 28.2 Å². The summed E-state index contributed by atoms with van der Waals surface area (Å²) >= 11 is 0. The Morgan fingerprint density at radius 3 is 2.80 bits per heavy atom. The van der Waals surface area contributed by atoms with E-state index in [1.165, 1.54) is 0 Å². The quantitative estimate of drug-likeness (QED) is 0.695. The van der Waals surface area contributed by atoms with E-state index in [1.807, 2.05) is 13.8 Å². The molecule has 2 N–H and O–H groups in total. The van der Waals surface area contributed by atoms with E-state index in [2.05, 4.69) is 10.2 Å². The maximum atomic E-state index is 12.1. The van der Waals surface area contributed by atoms with E-state index >= 15 is 0 Å². The van der Waals surface area contributed by atoms with Gasteiger partial charge in [0.05, 0.1) is 17.4 Å². The maximum Gasteiger partial charge on any atom is 0.257 e. The molecule has 0 saturated carbocycles. The van der Waals surface area contributed by atoms with Gasteiger partial charge in [-0.3, -0.25) is 9.89 Å². The Kier molecular flexibility index (Phi) is 2.48. The number of nitrogens with zero attached hydrogens (tertiary/aromatic N) is 2. The molecule has 1 aromatic rings. The van der Waals surface area contributed by atoms with Gasteiger partial charge in [-0.1, -0.05) is 0 Å². The Labute approximate surface area is 88.1 Å². The van der Waals surface area contributed by atoms with Crippen molar-refractivity contribution in [2.75, 3.05) is 13.1 Å². The van der Waals surface area contributed by atoms with Crippen molar-refractivity contribution in [1.29, 1.82) is 0 Å². The Morgan fingerprint density at radius 1 is 1.60 bits per heavy atom. The SMILES string of the molecule is Cc1n[nH]c(C)c1C(=O)N1CC[C@H](O)C1. The number of hydrogen-bond acceptors (Lipinski definition) is 3. The van der Waals surface area contributed by atoms with Crippen LogP contribution in [-0.4, -0.2) is 45.3 Å². The zero-order valence-electron chi connectivity index (χ0n) is 8.95. The van der Waals surface area contributed by atoms with Gasteiger partial charge in [-0.05, 0) is 20.3 Å². The molecular formula is C10H15N3O2. The number of β-amino-alcohol motifs (C(OH)–C–C–N with tert-alkyl or cyclic N) is 1. The van der Waals surface area contributed by atoms with Crippen molar-refractivity contribution >= 4 is 5.91 Å². The van der Waals surface area contributed by atoms with Gasteiger partial charge in [-0.2, -0.15) is 5.10 Å². The number of aromatic amines is 1. The molecule has 5 heteroatoms. The zero-order valence-corrected chi connectivity index (χ0v) is 8.95. The number of aryl methyl sites for hydroxylation is 2. The monoisotopic (exact) mass is 209 g/mol. The summed E-state index contributed by atoms with van der Waals surface area (Å²) < 4.78 is 0. The average molecular weight is 209 g/mol. The summed E-state index contributed by atoms with van der Waals surface area (Å²) in [7, 11) is 0. The molecule has 1 aliphatic rings. The van der Waals surface area contributed by atoms with E-state index in [1.54, 1.807) is 4.90 Å². The van der Waals surface area contributed by atoms with Crippen molar-refractivity contribution in [2.24, 2.45) is 0 Å². The van der Waals surface area contributed by atoms with E-state index in [4.69, 9.17) is 0 Å². The minimum absolute atomic E-state index is 0.0321. The summed E-state index contributed by atoms with van der Waals surface area (Å²) in [4.78, 5) is 13.7. The van der Waals surface area contributed by atoms with E-state index in [9.17, 15) is 9.90 Å². The third kappa shape index (κ3) is 1.74. The lowest BCUT2D eigenvalue weighted by atomic mass is 10.2. The van der Waals surface area contributed by atoms with Crippen molar-refractivity contribution in [3.63, 3.8) is 0 Å². The first-order chi connectivity index (χ1) is 7.09. The van der Waals surface area contributed by atoms with Gasteiger partial charge in [-0.25, -0.2) is 0 Å². The summed E-state index contributed by atoms with van der Waals surface area (Å²) in [5, 5.41) is 16.2.